The summed E-state index contributed by atoms with van der Waals surface area (Å²) in [5, 5.41) is 5.70. The predicted molar refractivity (Wildman–Crippen MR) is 83.9 cm³/mol. The first kappa shape index (κ1) is 14.4. The minimum Gasteiger partial charge on any atom is -0.493 e. The molecule has 1 saturated heterocycles. The number of hydrogen-bond acceptors (Lipinski definition) is 5. The van der Waals surface area contributed by atoms with Gasteiger partial charge in [-0.2, -0.15) is 0 Å². The Kier molecular flexibility index (Phi) is 3.72. The second-order valence-corrected chi connectivity index (χ2v) is 5.08. The lowest BCUT2D eigenvalue weighted by Crippen LogP contribution is -2.21. The van der Waals surface area contributed by atoms with Gasteiger partial charge in [0.25, 0.3) is 5.91 Å². The standard InChI is InChI=1S/C15H14N2O4S/c1-19-10-4-3-8(7-12(10)20-2)9-5-6-11(21-9)13-14(18)17-15(22)16-13/h3-7,13H,1-2H3,(H2,16,17,18,22). The molecule has 1 aromatic carbocycles. The number of methoxy groups -OCH3 is 2. The van der Waals surface area contributed by atoms with E-state index in [1.54, 1.807) is 32.4 Å². The Balaban J connectivity index is 1.91. The van der Waals surface area contributed by atoms with E-state index in [-0.39, 0.29) is 5.91 Å². The first-order valence-corrected chi connectivity index (χ1v) is 6.96. The van der Waals surface area contributed by atoms with E-state index in [1.165, 1.54) is 0 Å². The summed E-state index contributed by atoms with van der Waals surface area (Å²) in [5.74, 6) is 2.15. The van der Waals surface area contributed by atoms with Gasteiger partial charge in [-0.05, 0) is 42.5 Å². The van der Waals surface area contributed by atoms with Crippen LogP contribution in [0.5, 0.6) is 11.5 Å². The second kappa shape index (κ2) is 5.69. The molecule has 1 aliphatic heterocycles. The lowest BCUT2D eigenvalue weighted by atomic mass is 10.1. The maximum absolute atomic E-state index is 11.8. The molecule has 0 saturated carbocycles. The molecule has 1 unspecified atom stereocenters. The van der Waals surface area contributed by atoms with E-state index in [2.05, 4.69) is 10.6 Å². The number of ether oxygens (including phenoxy) is 2. The third-order valence-electron chi connectivity index (χ3n) is 3.35. The summed E-state index contributed by atoms with van der Waals surface area (Å²) in [6.45, 7) is 0. The second-order valence-electron chi connectivity index (χ2n) is 4.67. The zero-order valence-electron chi connectivity index (χ0n) is 12.0. The molecule has 1 fully saturated rings. The normalized spacial score (nSPS) is 17.1. The Morgan fingerprint density at radius 1 is 1.14 bits per heavy atom. The molecule has 1 aromatic heterocycles. The summed E-state index contributed by atoms with van der Waals surface area (Å²) in [5.41, 5.74) is 0.824. The molecule has 1 aliphatic rings. The molecule has 2 heterocycles. The van der Waals surface area contributed by atoms with E-state index in [0.29, 0.717) is 28.1 Å². The van der Waals surface area contributed by atoms with E-state index in [1.807, 2.05) is 12.1 Å². The molecule has 0 spiro atoms. The van der Waals surface area contributed by atoms with Gasteiger partial charge in [0.2, 0.25) is 0 Å². The fourth-order valence-electron chi connectivity index (χ4n) is 2.27. The number of hydrogen-bond donors (Lipinski definition) is 2. The predicted octanol–water partition coefficient (Wildman–Crippen LogP) is 2.01. The van der Waals surface area contributed by atoms with E-state index in [9.17, 15) is 4.79 Å². The van der Waals surface area contributed by atoms with E-state index >= 15 is 0 Å². The van der Waals surface area contributed by atoms with Gasteiger partial charge in [-0.25, -0.2) is 0 Å². The van der Waals surface area contributed by atoms with Crippen molar-refractivity contribution in [1.82, 2.24) is 10.6 Å². The van der Waals surface area contributed by atoms with Crippen LogP contribution in [0.25, 0.3) is 11.3 Å². The number of amides is 1. The summed E-state index contributed by atoms with van der Waals surface area (Å²) in [6.07, 6.45) is 0. The van der Waals surface area contributed by atoms with E-state index in [0.717, 1.165) is 5.56 Å². The van der Waals surface area contributed by atoms with Crippen molar-refractivity contribution in [3.8, 4) is 22.8 Å². The van der Waals surface area contributed by atoms with Gasteiger partial charge < -0.3 is 24.5 Å². The zero-order valence-corrected chi connectivity index (χ0v) is 12.8. The highest BCUT2D eigenvalue weighted by Crippen LogP contribution is 2.34. The van der Waals surface area contributed by atoms with Crippen molar-refractivity contribution in [2.45, 2.75) is 6.04 Å². The van der Waals surface area contributed by atoms with Crippen molar-refractivity contribution >= 4 is 23.2 Å². The first-order chi connectivity index (χ1) is 10.6. The number of carbonyl (C=O) groups is 1. The van der Waals surface area contributed by atoms with Crippen LogP contribution in [0.15, 0.2) is 34.7 Å². The SMILES string of the molecule is COc1ccc(-c2ccc(C3NC(=S)NC3=O)o2)cc1OC. The van der Waals surface area contributed by atoms with Gasteiger partial charge in [-0.3, -0.25) is 4.79 Å². The molecular weight excluding hydrogens is 304 g/mol. The summed E-state index contributed by atoms with van der Waals surface area (Å²) >= 11 is 4.92. The van der Waals surface area contributed by atoms with Gasteiger partial charge in [0, 0.05) is 5.56 Å². The van der Waals surface area contributed by atoms with Crippen molar-refractivity contribution in [2.75, 3.05) is 14.2 Å². The van der Waals surface area contributed by atoms with Gasteiger partial charge in [-0.1, -0.05) is 0 Å². The summed E-state index contributed by atoms with van der Waals surface area (Å²) < 4.78 is 16.2. The Bertz CT molecular complexity index is 741. The minimum absolute atomic E-state index is 0.224. The maximum atomic E-state index is 11.8. The van der Waals surface area contributed by atoms with Crippen molar-refractivity contribution in [3.63, 3.8) is 0 Å². The van der Waals surface area contributed by atoms with Crippen LogP contribution in [-0.4, -0.2) is 25.2 Å². The van der Waals surface area contributed by atoms with E-state index < -0.39 is 6.04 Å². The van der Waals surface area contributed by atoms with E-state index in [4.69, 9.17) is 26.1 Å². The number of benzene rings is 1. The molecule has 0 radical (unpaired) electrons. The van der Waals surface area contributed by atoms with Crippen LogP contribution >= 0.6 is 12.2 Å². The highest BCUT2D eigenvalue weighted by Gasteiger charge is 2.31. The average molecular weight is 318 g/mol. The van der Waals surface area contributed by atoms with Crippen molar-refractivity contribution in [3.05, 3.63) is 36.1 Å². The Morgan fingerprint density at radius 3 is 2.55 bits per heavy atom. The molecule has 3 rings (SSSR count). The van der Waals surface area contributed by atoms with Crippen LogP contribution in [0.2, 0.25) is 0 Å². The zero-order chi connectivity index (χ0) is 15.7. The van der Waals surface area contributed by atoms with Crippen LogP contribution in [0.3, 0.4) is 0 Å². The molecule has 114 valence electrons. The smallest absolute Gasteiger partial charge is 0.256 e. The fraction of sp³-hybridized carbons (Fsp3) is 0.200. The van der Waals surface area contributed by atoms with Crippen molar-refractivity contribution < 1.29 is 18.7 Å². The van der Waals surface area contributed by atoms with Crippen LogP contribution in [0, 0.1) is 0 Å². The molecule has 2 aromatic rings. The first-order valence-electron chi connectivity index (χ1n) is 6.56. The molecule has 6 nitrogen and oxygen atoms in total. The average Bonchev–Trinajstić information content (AvgIpc) is 3.12. The molecule has 7 heteroatoms. The van der Waals surface area contributed by atoms with Gasteiger partial charge in [-0.15, -0.1) is 0 Å². The molecule has 1 atom stereocenters. The third-order valence-corrected chi connectivity index (χ3v) is 3.57. The lowest BCUT2D eigenvalue weighted by Gasteiger charge is -2.08. The topological polar surface area (TPSA) is 72.7 Å². The highest BCUT2D eigenvalue weighted by atomic mass is 32.1. The minimum atomic E-state index is -0.596. The number of nitrogens with one attached hydrogen (secondary N) is 2. The Morgan fingerprint density at radius 2 is 1.91 bits per heavy atom. The fourth-order valence-corrected chi connectivity index (χ4v) is 2.49. The van der Waals surface area contributed by atoms with Crippen molar-refractivity contribution in [2.24, 2.45) is 0 Å². The van der Waals surface area contributed by atoms with Gasteiger partial charge >= 0.3 is 0 Å². The maximum Gasteiger partial charge on any atom is 0.256 e. The highest BCUT2D eigenvalue weighted by molar-refractivity contribution is 7.80. The number of carbonyl (C=O) groups excluding carboxylic acids is 1. The third kappa shape index (κ3) is 2.50. The number of furan rings is 1. The largest absolute Gasteiger partial charge is 0.493 e. The Labute approximate surface area is 132 Å². The molecule has 0 aliphatic carbocycles. The van der Waals surface area contributed by atoms with Gasteiger partial charge in [0.05, 0.1) is 14.2 Å². The van der Waals surface area contributed by atoms with Gasteiger partial charge in [0.1, 0.15) is 11.5 Å². The monoisotopic (exact) mass is 318 g/mol. The van der Waals surface area contributed by atoms with Crippen LogP contribution in [0.4, 0.5) is 0 Å². The van der Waals surface area contributed by atoms with Gasteiger partial charge in [0.15, 0.2) is 22.7 Å². The molecule has 2 N–H and O–H groups in total. The summed E-state index contributed by atoms with van der Waals surface area (Å²) in [6, 6.07) is 8.42. The van der Waals surface area contributed by atoms with Crippen molar-refractivity contribution in [1.29, 1.82) is 0 Å². The summed E-state index contributed by atoms with van der Waals surface area (Å²) in [7, 11) is 3.15. The quantitative estimate of drug-likeness (QED) is 0.840. The summed E-state index contributed by atoms with van der Waals surface area (Å²) in [4.78, 5) is 11.8. The lowest BCUT2D eigenvalue weighted by molar-refractivity contribution is -0.120. The molecule has 22 heavy (non-hydrogen) atoms. The van der Waals surface area contributed by atoms with Crippen LogP contribution in [-0.2, 0) is 4.79 Å². The van der Waals surface area contributed by atoms with Crippen LogP contribution in [0.1, 0.15) is 11.8 Å². The number of thiocarbonyl (C=S) groups is 1. The molecular formula is C15H14N2O4S. The molecule has 0 bridgehead atoms. The number of rotatable bonds is 4. The molecule has 1 amide bonds. The Hall–Kier alpha value is -2.54. The van der Waals surface area contributed by atoms with Crippen LogP contribution < -0.4 is 20.1 Å².